The number of methoxy groups -OCH3 is 2. The summed E-state index contributed by atoms with van der Waals surface area (Å²) in [5.41, 5.74) is 1.19. The number of nitrogens with zero attached hydrogens (tertiary/aromatic N) is 2. The third-order valence-electron chi connectivity index (χ3n) is 5.52. The number of ether oxygens (including phenoxy) is 2. The maximum Gasteiger partial charge on any atom is 0.191 e. The molecule has 8 heteroatoms. The van der Waals surface area contributed by atoms with Crippen LogP contribution in [-0.2, 0) is 6.54 Å². The number of nitrogens with one attached hydrogen (secondary N) is 2. The van der Waals surface area contributed by atoms with Gasteiger partial charge in [-0.25, -0.2) is 0 Å². The smallest absolute Gasteiger partial charge is 0.191 e. The minimum Gasteiger partial charge on any atom is -0.497 e. The summed E-state index contributed by atoms with van der Waals surface area (Å²) < 4.78 is 10.8. The summed E-state index contributed by atoms with van der Waals surface area (Å²) in [6.45, 7) is 8.98. The van der Waals surface area contributed by atoms with E-state index in [-0.39, 0.29) is 30.6 Å². The number of hydrogen-bond donors (Lipinski definition) is 3. The van der Waals surface area contributed by atoms with Crippen LogP contribution in [0.2, 0.25) is 0 Å². The van der Waals surface area contributed by atoms with Crippen LogP contribution in [-0.4, -0.2) is 69.0 Å². The molecule has 1 aromatic rings. The van der Waals surface area contributed by atoms with Gasteiger partial charge in [0.2, 0.25) is 0 Å². The van der Waals surface area contributed by atoms with Crippen molar-refractivity contribution < 1.29 is 14.6 Å². The van der Waals surface area contributed by atoms with Crippen molar-refractivity contribution in [2.24, 2.45) is 10.9 Å². The number of rotatable bonds is 12. The molecule has 0 aliphatic carbocycles. The number of aliphatic hydroxyl groups is 1. The minimum atomic E-state index is 0. The van der Waals surface area contributed by atoms with E-state index in [1.165, 1.54) is 5.56 Å². The molecule has 7 nitrogen and oxygen atoms in total. The summed E-state index contributed by atoms with van der Waals surface area (Å²) in [5.74, 6) is 2.97. The second kappa shape index (κ2) is 15.5. The topological polar surface area (TPSA) is 78.4 Å². The van der Waals surface area contributed by atoms with Crippen LogP contribution in [0.15, 0.2) is 23.2 Å². The van der Waals surface area contributed by atoms with Gasteiger partial charge in [-0.1, -0.05) is 13.3 Å². The monoisotopic (exact) mass is 548 g/mol. The SMILES string of the molecule is CCCC(CCO)CN=C(NCC)NC1CCN(Cc2cc(OC)cc(OC)c2)C1.I. The highest BCUT2D eigenvalue weighted by Crippen LogP contribution is 2.24. The molecule has 2 atom stereocenters. The zero-order valence-corrected chi connectivity index (χ0v) is 21.9. The summed E-state index contributed by atoms with van der Waals surface area (Å²) >= 11 is 0. The fraction of sp³-hybridized carbons (Fsp3) is 0.696. The Morgan fingerprint density at radius 2 is 1.90 bits per heavy atom. The van der Waals surface area contributed by atoms with E-state index < -0.39 is 0 Å². The van der Waals surface area contributed by atoms with Gasteiger partial charge < -0.3 is 25.2 Å². The Bertz CT molecular complexity index is 631. The van der Waals surface area contributed by atoms with Crippen LogP contribution in [0.4, 0.5) is 0 Å². The molecule has 0 saturated carbocycles. The maximum absolute atomic E-state index is 9.28. The molecular formula is C23H41IN4O3. The lowest BCUT2D eigenvalue weighted by Gasteiger charge is -2.20. The van der Waals surface area contributed by atoms with Crippen molar-refractivity contribution in [1.29, 1.82) is 0 Å². The first kappa shape index (κ1) is 27.8. The molecule has 0 radical (unpaired) electrons. The Hall–Kier alpha value is -1.26. The molecule has 1 aromatic carbocycles. The van der Waals surface area contributed by atoms with Gasteiger partial charge in [-0.05, 0) is 49.8 Å². The molecular weight excluding hydrogens is 507 g/mol. The van der Waals surface area contributed by atoms with Gasteiger partial charge in [-0.15, -0.1) is 24.0 Å². The molecule has 31 heavy (non-hydrogen) atoms. The van der Waals surface area contributed by atoms with E-state index in [9.17, 15) is 5.11 Å². The highest BCUT2D eigenvalue weighted by Gasteiger charge is 2.23. The molecule has 2 rings (SSSR count). The van der Waals surface area contributed by atoms with Gasteiger partial charge >= 0.3 is 0 Å². The number of halogens is 1. The zero-order chi connectivity index (χ0) is 21.8. The maximum atomic E-state index is 9.28. The van der Waals surface area contributed by atoms with Crippen molar-refractivity contribution in [1.82, 2.24) is 15.5 Å². The largest absolute Gasteiger partial charge is 0.497 e. The Morgan fingerprint density at radius 3 is 2.48 bits per heavy atom. The molecule has 3 N–H and O–H groups in total. The van der Waals surface area contributed by atoms with E-state index in [4.69, 9.17) is 14.5 Å². The molecule has 0 aromatic heterocycles. The van der Waals surface area contributed by atoms with Crippen LogP contribution >= 0.6 is 24.0 Å². The third kappa shape index (κ3) is 9.82. The summed E-state index contributed by atoms with van der Waals surface area (Å²) in [4.78, 5) is 7.25. The van der Waals surface area contributed by atoms with Gasteiger partial charge in [0.15, 0.2) is 5.96 Å². The Morgan fingerprint density at radius 1 is 1.19 bits per heavy atom. The standard InChI is InChI=1S/C23H40N4O3.HI/c1-5-7-18(9-11-28)15-25-23(24-6-2)26-20-8-10-27(17-20)16-19-12-21(29-3)14-22(13-19)30-4;/h12-14,18,20,28H,5-11,15-17H2,1-4H3,(H2,24,25,26);1H. The number of aliphatic imine (C=N–C) groups is 1. The van der Waals surface area contributed by atoms with Crippen molar-refractivity contribution in [2.45, 2.75) is 52.1 Å². The Kier molecular flexibility index (Phi) is 13.9. The molecule has 0 amide bonds. The lowest BCUT2D eigenvalue weighted by molar-refractivity contribution is 0.253. The average molecular weight is 549 g/mol. The molecule has 178 valence electrons. The van der Waals surface area contributed by atoms with Crippen LogP contribution in [0.5, 0.6) is 11.5 Å². The van der Waals surface area contributed by atoms with Crippen LogP contribution in [0.25, 0.3) is 0 Å². The van der Waals surface area contributed by atoms with E-state index in [0.717, 1.165) is 75.9 Å². The van der Waals surface area contributed by atoms with Crippen LogP contribution in [0.1, 0.15) is 45.1 Å². The van der Waals surface area contributed by atoms with Crippen molar-refractivity contribution in [3.05, 3.63) is 23.8 Å². The van der Waals surface area contributed by atoms with Gasteiger partial charge in [0.25, 0.3) is 0 Å². The van der Waals surface area contributed by atoms with Crippen LogP contribution in [0.3, 0.4) is 0 Å². The van der Waals surface area contributed by atoms with Gasteiger partial charge in [-0.3, -0.25) is 9.89 Å². The number of benzene rings is 1. The number of hydrogen-bond acceptors (Lipinski definition) is 5. The normalized spacial score (nSPS) is 17.7. The fourth-order valence-electron chi connectivity index (χ4n) is 3.96. The van der Waals surface area contributed by atoms with Gasteiger partial charge in [0.1, 0.15) is 11.5 Å². The van der Waals surface area contributed by atoms with Crippen molar-refractivity contribution in [3.8, 4) is 11.5 Å². The molecule has 1 aliphatic heterocycles. The Balaban J connectivity index is 0.00000480. The number of likely N-dealkylation sites (tertiary alicyclic amines) is 1. The van der Waals surface area contributed by atoms with Gasteiger partial charge in [0, 0.05) is 51.4 Å². The molecule has 0 spiro atoms. The van der Waals surface area contributed by atoms with Crippen LogP contribution in [0, 0.1) is 5.92 Å². The van der Waals surface area contributed by atoms with E-state index in [1.807, 2.05) is 6.07 Å². The van der Waals surface area contributed by atoms with E-state index >= 15 is 0 Å². The van der Waals surface area contributed by atoms with Crippen molar-refractivity contribution >= 4 is 29.9 Å². The highest BCUT2D eigenvalue weighted by atomic mass is 127. The second-order valence-electron chi connectivity index (χ2n) is 7.97. The van der Waals surface area contributed by atoms with Gasteiger partial charge in [-0.2, -0.15) is 0 Å². The molecule has 2 unspecified atom stereocenters. The molecule has 1 fully saturated rings. The summed E-state index contributed by atoms with van der Waals surface area (Å²) in [6.07, 6.45) is 4.12. The first-order valence-corrected chi connectivity index (χ1v) is 11.2. The minimum absolute atomic E-state index is 0. The lowest BCUT2D eigenvalue weighted by Crippen LogP contribution is -2.44. The predicted octanol–water partition coefficient (Wildman–Crippen LogP) is 3.25. The Labute approximate surface area is 205 Å². The lowest BCUT2D eigenvalue weighted by atomic mass is 10.0. The second-order valence-corrected chi connectivity index (χ2v) is 7.97. The number of aliphatic hydroxyl groups excluding tert-OH is 1. The molecule has 0 bridgehead atoms. The third-order valence-corrected chi connectivity index (χ3v) is 5.52. The average Bonchev–Trinajstić information content (AvgIpc) is 3.18. The van der Waals surface area contributed by atoms with Crippen LogP contribution < -0.4 is 20.1 Å². The van der Waals surface area contributed by atoms with E-state index in [0.29, 0.717) is 12.0 Å². The summed E-state index contributed by atoms with van der Waals surface area (Å²) in [5, 5.41) is 16.2. The molecule has 1 heterocycles. The summed E-state index contributed by atoms with van der Waals surface area (Å²) in [7, 11) is 3.36. The summed E-state index contributed by atoms with van der Waals surface area (Å²) in [6, 6.07) is 6.42. The fourth-order valence-corrected chi connectivity index (χ4v) is 3.96. The predicted molar refractivity (Wildman–Crippen MR) is 138 cm³/mol. The van der Waals surface area contributed by atoms with Gasteiger partial charge in [0.05, 0.1) is 14.2 Å². The van der Waals surface area contributed by atoms with E-state index in [2.05, 4.69) is 41.5 Å². The molecule has 1 saturated heterocycles. The first-order chi connectivity index (χ1) is 14.6. The van der Waals surface area contributed by atoms with E-state index in [1.54, 1.807) is 14.2 Å². The highest BCUT2D eigenvalue weighted by molar-refractivity contribution is 14.0. The molecule has 1 aliphatic rings. The zero-order valence-electron chi connectivity index (χ0n) is 19.5. The first-order valence-electron chi connectivity index (χ1n) is 11.2. The van der Waals surface area contributed by atoms with Crippen molar-refractivity contribution in [2.75, 3.05) is 47.0 Å². The quantitative estimate of drug-likeness (QED) is 0.212. The van der Waals surface area contributed by atoms with Crippen molar-refractivity contribution in [3.63, 3.8) is 0 Å². The number of guanidine groups is 1.